The largest absolute Gasteiger partial charge is 0.481 e. The minimum Gasteiger partial charge on any atom is -0.481 e. The number of carbonyl (C=O) groups excluding carboxylic acids is 1. The summed E-state index contributed by atoms with van der Waals surface area (Å²) in [4.78, 5) is 22.6. The second kappa shape index (κ2) is 4.35. The third-order valence-corrected chi connectivity index (χ3v) is 3.33. The monoisotopic (exact) mass is 236 g/mol. The van der Waals surface area contributed by atoms with E-state index in [0.717, 1.165) is 17.7 Å². The molecule has 0 fully saturated rings. The number of hydrogen-bond donors (Lipinski definition) is 1. The first kappa shape index (κ1) is 11.9. The summed E-state index contributed by atoms with van der Waals surface area (Å²) in [6, 6.07) is 0. The molecule has 17 heavy (non-hydrogen) atoms. The van der Waals surface area contributed by atoms with Gasteiger partial charge in [0.05, 0.1) is 5.56 Å². The highest BCUT2D eigenvalue weighted by Crippen LogP contribution is 2.33. The molecule has 0 bridgehead atoms. The Morgan fingerprint density at radius 1 is 1.47 bits per heavy atom. The van der Waals surface area contributed by atoms with E-state index in [1.54, 1.807) is 0 Å². The molecule has 0 aliphatic heterocycles. The first-order chi connectivity index (χ1) is 8.02. The van der Waals surface area contributed by atoms with Gasteiger partial charge in [0.2, 0.25) is 0 Å². The highest BCUT2D eigenvalue weighted by molar-refractivity contribution is 6.00. The topological polar surface area (TPSA) is 67.5 Å². The maximum Gasteiger partial charge on any atom is 0.303 e. The lowest BCUT2D eigenvalue weighted by atomic mass is 9.84. The molecule has 1 unspecified atom stereocenters. The van der Waals surface area contributed by atoms with Crippen molar-refractivity contribution in [2.45, 2.75) is 39.5 Å². The van der Waals surface area contributed by atoms with Crippen LogP contribution in [-0.2, 0) is 17.6 Å². The van der Waals surface area contributed by atoms with Crippen LogP contribution in [0.15, 0.2) is 4.42 Å². The molecule has 0 saturated heterocycles. The third-order valence-electron chi connectivity index (χ3n) is 3.33. The standard InChI is InChI=1S/C13H16O4/c1-3-10-7(2)13-9(14)4-8(6-12(15)16)5-11(13)17-10/h8H,3-6H2,1-2H3,(H,15,16). The fourth-order valence-electron chi connectivity index (χ4n) is 2.56. The van der Waals surface area contributed by atoms with Crippen LogP contribution >= 0.6 is 0 Å². The Kier molecular flexibility index (Phi) is 3.05. The smallest absolute Gasteiger partial charge is 0.303 e. The van der Waals surface area contributed by atoms with E-state index < -0.39 is 5.97 Å². The van der Waals surface area contributed by atoms with Crippen LogP contribution in [0.3, 0.4) is 0 Å². The van der Waals surface area contributed by atoms with E-state index in [9.17, 15) is 9.59 Å². The Hall–Kier alpha value is -1.58. The zero-order chi connectivity index (χ0) is 12.6. The van der Waals surface area contributed by atoms with E-state index in [2.05, 4.69) is 0 Å². The normalized spacial score (nSPS) is 19.2. The maximum atomic E-state index is 12.0. The van der Waals surface area contributed by atoms with Crippen molar-refractivity contribution in [1.29, 1.82) is 0 Å². The van der Waals surface area contributed by atoms with Crippen molar-refractivity contribution >= 4 is 11.8 Å². The number of aryl methyl sites for hydroxylation is 1. The van der Waals surface area contributed by atoms with Crippen LogP contribution in [0.2, 0.25) is 0 Å². The molecule has 92 valence electrons. The summed E-state index contributed by atoms with van der Waals surface area (Å²) in [6.07, 6.45) is 1.68. The molecular weight excluding hydrogens is 220 g/mol. The van der Waals surface area contributed by atoms with Crippen LogP contribution in [0.1, 0.15) is 47.2 Å². The zero-order valence-electron chi connectivity index (χ0n) is 10.1. The molecule has 0 saturated carbocycles. The van der Waals surface area contributed by atoms with Crippen LogP contribution in [0.25, 0.3) is 0 Å². The number of Topliss-reactive ketones (excluding diaryl/α,β-unsaturated/α-hetero) is 1. The molecule has 0 amide bonds. The van der Waals surface area contributed by atoms with Crippen LogP contribution in [0.5, 0.6) is 0 Å². The van der Waals surface area contributed by atoms with E-state index in [0.29, 0.717) is 24.2 Å². The highest BCUT2D eigenvalue weighted by atomic mass is 16.4. The Bertz CT molecular complexity index is 470. The average Bonchev–Trinajstić information content (AvgIpc) is 2.54. The van der Waals surface area contributed by atoms with Crippen molar-refractivity contribution < 1.29 is 19.1 Å². The maximum absolute atomic E-state index is 12.0. The van der Waals surface area contributed by atoms with Crippen LogP contribution in [0, 0.1) is 12.8 Å². The van der Waals surface area contributed by atoms with Gasteiger partial charge in [-0.1, -0.05) is 6.92 Å². The minimum absolute atomic E-state index is 0.0263. The molecule has 1 N–H and O–H groups in total. The van der Waals surface area contributed by atoms with Crippen molar-refractivity contribution in [2.75, 3.05) is 0 Å². The summed E-state index contributed by atoms with van der Waals surface area (Å²) >= 11 is 0. The predicted octanol–water partition coefficient (Wildman–Crippen LogP) is 2.37. The van der Waals surface area contributed by atoms with Gasteiger partial charge in [-0.2, -0.15) is 0 Å². The zero-order valence-corrected chi connectivity index (χ0v) is 10.1. The lowest BCUT2D eigenvalue weighted by Crippen LogP contribution is -2.21. The molecule has 1 aliphatic rings. The number of carbonyl (C=O) groups is 2. The van der Waals surface area contributed by atoms with E-state index >= 15 is 0 Å². The molecule has 0 radical (unpaired) electrons. The number of carboxylic acid groups (broad SMARTS) is 1. The lowest BCUT2D eigenvalue weighted by Gasteiger charge is -2.18. The summed E-state index contributed by atoms with van der Waals surface area (Å²) in [5.41, 5.74) is 1.63. The number of fused-ring (bicyclic) bond motifs is 1. The quantitative estimate of drug-likeness (QED) is 0.874. The summed E-state index contributed by atoms with van der Waals surface area (Å²) < 4.78 is 5.65. The Morgan fingerprint density at radius 3 is 2.76 bits per heavy atom. The molecule has 1 atom stereocenters. The van der Waals surface area contributed by atoms with Gasteiger partial charge in [0.25, 0.3) is 0 Å². The number of carboxylic acids is 1. The Balaban J connectivity index is 2.31. The van der Waals surface area contributed by atoms with E-state index in [-0.39, 0.29) is 18.1 Å². The number of furan rings is 1. The van der Waals surface area contributed by atoms with Crippen LogP contribution in [0.4, 0.5) is 0 Å². The van der Waals surface area contributed by atoms with Gasteiger partial charge in [0, 0.05) is 31.2 Å². The molecule has 0 spiro atoms. The highest BCUT2D eigenvalue weighted by Gasteiger charge is 2.32. The Labute approximate surface area is 99.6 Å². The van der Waals surface area contributed by atoms with Gasteiger partial charge in [0.1, 0.15) is 11.5 Å². The second-order valence-corrected chi connectivity index (χ2v) is 4.60. The molecular formula is C13H16O4. The Morgan fingerprint density at radius 2 is 2.18 bits per heavy atom. The predicted molar refractivity (Wildman–Crippen MR) is 61.2 cm³/mol. The van der Waals surface area contributed by atoms with Crippen LogP contribution < -0.4 is 0 Å². The summed E-state index contributed by atoms with van der Waals surface area (Å²) in [5, 5.41) is 8.76. The molecule has 4 nitrogen and oxygen atoms in total. The van der Waals surface area contributed by atoms with Crippen molar-refractivity contribution in [3.05, 3.63) is 22.6 Å². The van der Waals surface area contributed by atoms with Gasteiger partial charge in [-0.25, -0.2) is 0 Å². The fraction of sp³-hybridized carbons (Fsp3) is 0.538. The number of aliphatic carboxylic acids is 1. The fourth-order valence-corrected chi connectivity index (χ4v) is 2.56. The molecule has 0 aromatic carbocycles. The SMILES string of the molecule is CCc1oc2c(c1C)C(=O)CC(CC(=O)O)C2. The summed E-state index contributed by atoms with van der Waals surface area (Å²) in [7, 11) is 0. The molecule has 1 aromatic heterocycles. The van der Waals surface area contributed by atoms with Crippen molar-refractivity contribution in [1.82, 2.24) is 0 Å². The van der Waals surface area contributed by atoms with Crippen molar-refractivity contribution in [2.24, 2.45) is 5.92 Å². The van der Waals surface area contributed by atoms with Gasteiger partial charge in [-0.15, -0.1) is 0 Å². The third kappa shape index (κ3) is 2.12. The van der Waals surface area contributed by atoms with E-state index in [1.165, 1.54) is 0 Å². The van der Waals surface area contributed by atoms with E-state index in [1.807, 2.05) is 13.8 Å². The first-order valence-electron chi connectivity index (χ1n) is 5.89. The van der Waals surface area contributed by atoms with Crippen LogP contribution in [-0.4, -0.2) is 16.9 Å². The molecule has 1 aromatic rings. The molecule has 1 aliphatic carbocycles. The van der Waals surface area contributed by atoms with Crippen molar-refractivity contribution in [3.8, 4) is 0 Å². The summed E-state index contributed by atoms with van der Waals surface area (Å²) in [6.45, 7) is 3.88. The van der Waals surface area contributed by atoms with Gasteiger partial charge >= 0.3 is 5.97 Å². The molecule has 4 heteroatoms. The van der Waals surface area contributed by atoms with Gasteiger partial charge < -0.3 is 9.52 Å². The number of rotatable bonds is 3. The summed E-state index contributed by atoms with van der Waals surface area (Å²) in [5.74, 6) is 0.577. The number of hydrogen-bond acceptors (Lipinski definition) is 3. The second-order valence-electron chi connectivity index (χ2n) is 4.60. The van der Waals surface area contributed by atoms with Gasteiger partial charge in [-0.3, -0.25) is 9.59 Å². The minimum atomic E-state index is -0.856. The van der Waals surface area contributed by atoms with Crippen molar-refractivity contribution in [3.63, 3.8) is 0 Å². The van der Waals surface area contributed by atoms with Gasteiger partial charge in [-0.05, 0) is 12.8 Å². The lowest BCUT2D eigenvalue weighted by molar-refractivity contribution is -0.138. The van der Waals surface area contributed by atoms with E-state index in [4.69, 9.17) is 9.52 Å². The molecule has 2 rings (SSSR count). The molecule has 1 heterocycles. The average molecular weight is 236 g/mol. The van der Waals surface area contributed by atoms with Gasteiger partial charge in [0.15, 0.2) is 5.78 Å². The number of ketones is 1. The first-order valence-corrected chi connectivity index (χ1v) is 5.89.